The molecule has 0 bridgehead atoms. The molecular formula is C16H17BrO4. The van der Waals surface area contributed by atoms with Crippen LogP contribution in [0.15, 0.2) is 28.7 Å². The second-order valence-electron chi connectivity index (χ2n) is 5.85. The van der Waals surface area contributed by atoms with Gasteiger partial charge in [-0.2, -0.15) is 0 Å². The number of carbonyl (C=O) groups excluding carboxylic acids is 2. The predicted molar refractivity (Wildman–Crippen MR) is 79.5 cm³/mol. The molecular weight excluding hydrogens is 336 g/mol. The highest BCUT2D eigenvalue weighted by molar-refractivity contribution is 9.10. The molecule has 0 unspecified atom stereocenters. The van der Waals surface area contributed by atoms with Gasteiger partial charge in [-0.05, 0) is 24.1 Å². The Labute approximate surface area is 131 Å². The minimum absolute atomic E-state index is 0.0979. The summed E-state index contributed by atoms with van der Waals surface area (Å²) in [6.07, 6.45) is 1.37. The highest BCUT2D eigenvalue weighted by Gasteiger charge is 2.44. The summed E-state index contributed by atoms with van der Waals surface area (Å²) in [6.45, 7) is 1.85. The predicted octanol–water partition coefficient (Wildman–Crippen LogP) is 2.87. The van der Waals surface area contributed by atoms with Gasteiger partial charge in [0, 0.05) is 17.3 Å². The quantitative estimate of drug-likeness (QED) is 0.785. The third kappa shape index (κ3) is 3.12. The molecule has 0 amide bonds. The number of hydrogen-bond acceptors (Lipinski definition) is 4. The van der Waals surface area contributed by atoms with Crippen molar-refractivity contribution < 1.29 is 19.1 Å². The summed E-state index contributed by atoms with van der Waals surface area (Å²) in [4.78, 5) is 23.5. The summed E-state index contributed by atoms with van der Waals surface area (Å²) in [5, 5.41) is 0. The van der Waals surface area contributed by atoms with E-state index >= 15 is 0 Å². The molecule has 3 rings (SSSR count). The van der Waals surface area contributed by atoms with E-state index in [1.54, 1.807) is 0 Å². The van der Waals surface area contributed by atoms with Gasteiger partial charge < -0.3 is 9.47 Å². The first-order valence-electron chi connectivity index (χ1n) is 7.18. The first kappa shape index (κ1) is 14.6. The maximum Gasteiger partial charge on any atom is 0.309 e. The molecule has 0 aliphatic carbocycles. The van der Waals surface area contributed by atoms with E-state index in [0.717, 1.165) is 10.0 Å². The standard InChI is InChI=1S/C16H17BrO4/c1-9-6-13(20-15(9)18)14-8-11(16(19)21-14)7-10-2-4-12(17)5-3-10/h2-5,9,11,13-14H,6-8H2,1H3/t9-,11-,13-,14+/m1/s1. The topological polar surface area (TPSA) is 52.6 Å². The van der Waals surface area contributed by atoms with E-state index in [9.17, 15) is 9.59 Å². The van der Waals surface area contributed by atoms with Crippen LogP contribution in [0.1, 0.15) is 25.3 Å². The van der Waals surface area contributed by atoms with Crippen LogP contribution < -0.4 is 0 Å². The number of rotatable bonds is 3. The second kappa shape index (κ2) is 5.79. The minimum Gasteiger partial charge on any atom is -0.458 e. The molecule has 2 fully saturated rings. The number of benzene rings is 1. The van der Waals surface area contributed by atoms with E-state index in [1.807, 2.05) is 31.2 Å². The molecule has 5 heteroatoms. The van der Waals surface area contributed by atoms with Crippen molar-refractivity contribution in [2.45, 2.75) is 38.4 Å². The summed E-state index contributed by atoms with van der Waals surface area (Å²) in [5.74, 6) is -0.615. The SMILES string of the molecule is C[C@@H]1C[C@H]([C@@H]2C[C@@H](Cc3ccc(Br)cc3)C(=O)O2)OC1=O. The molecule has 0 radical (unpaired) electrons. The van der Waals surface area contributed by atoms with Gasteiger partial charge in [0.15, 0.2) is 0 Å². The lowest BCUT2D eigenvalue weighted by Crippen LogP contribution is -2.25. The van der Waals surface area contributed by atoms with E-state index in [4.69, 9.17) is 9.47 Å². The fourth-order valence-corrected chi connectivity index (χ4v) is 3.22. The maximum absolute atomic E-state index is 12.0. The van der Waals surface area contributed by atoms with Crippen molar-refractivity contribution in [3.8, 4) is 0 Å². The highest BCUT2D eigenvalue weighted by atomic mass is 79.9. The van der Waals surface area contributed by atoms with Crippen LogP contribution in [-0.2, 0) is 25.5 Å². The van der Waals surface area contributed by atoms with Crippen LogP contribution in [0.3, 0.4) is 0 Å². The number of cyclic esters (lactones) is 2. The van der Waals surface area contributed by atoms with Crippen molar-refractivity contribution in [3.63, 3.8) is 0 Å². The fraction of sp³-hybridized carbons (Fsp3) is 0.500. The smallest absolute Gasteiger partial charge is 0.309 e. The van der Waals surface area contributed by atoms with Crippen molar-refractivity contribution >= 4 is 27.9 Å². The molecule has 2 saturated heterocycles. The molecule has 21 heavy (non-hydrogen) atoms. The zero-order valence-corrected chi connectivity index (χ0v) is 13.3. The molecule has 112 valence electrons. The molecule has 4 nitrogen and oxygen atoms in total. The average molecular weight is 353 g/mol. The monoisotopic (exact) mass is 352 g/mol. The van der Waals surface area contributed by atoms with Crippen molar-refractivity contribution in [2.75, 3.05) is 0 Å². The Hall–Kier alpha value is -1.36. The average Bonchev–Trinajstić information content (AvgIpc) is 2.97. The summed E-state index contributed by atoms with van der Waals surface area (Å²) in [5.41, 5.74) is 1.11. The normalized spacial score (nSPS) is 32.1. The van der Waals surface area contributed by atoms with Crippen LogP contribution in [-0.4, -0.2) is 24.1 Å². The van der Waals surface area contributed by atoms with E-state index in [2.05, 4.69) is 15.9 Å². The third-order valence-corrected chi connectivity index (χ3v) is 4.71. The Morgan fingerprint density at radius 3 is 2.29 bits per heavy atom. The van der Waals surface area contributed by atoms with Gasteiger partial charge in [0.1, 0.15) is 12.2 Å². The number of esters is 2. The lowest BCUT2D eigenvalue weighted by Gasteiger charge is -2.15. The van der Waals surface area contributed by atoms with Crippen LogP contribution in [0.4, 0.5) is 0 Å². The molecule has 0 spiro atoms. The van der Waals surface area contributed by atoms with Crippen molar-refractivity contribution in [3.05, 3.63) is 34.3 Å². The Balaban J connectivity index is 1.62. The number of carbonyl (C=O) groups is 2. The fourth-order valence-electron chi connectivity index (χ4n) is 2.96. The van der Waals surface area contributed by atoms with E-state index in [0.29, 0.717) is 19.3 Å². The third-order valence-electron chi connectivity index (χ3n) is 4.18. The molecule has 4 atom stereocenters. The number of hydrogen-bond donors (Lipinski definition) is 0. The van der Waals surface area contributed by atoms with E-state index in [-0.39, 0.29) is 36.0 Å². The van der Waals surface area contributed by atoms with Crippen LogP contribution in [0, 0.1) is 11.8 Å². The van der Waals surface area contributed by atoms with Crippen molar-refractivity contribution in [1.82, 2.24) is 0 Å². The molecule has 2 aliphatic rings. The molecule has 0 saturated carbocycles. The van der Waals surface area contributed by atoms with Gasteiger partial charge in [-0.15, -0.1) is 0 Å². The number of halogens is 1. The summed E-state index contributed by atoms with van der Waals surface area (Å²) in [6, 6.07) is 7.94. The van der Waals surface area contributed by atoms with Gasteiger partial charge in [0.25, 0.3) is 0 Å². The van der Waals surface area contributed by atoms with Crippen LogP contribution in [0.25, 0.3) is 0 Å². The molecule has 2 heterocycles. The largest absolute Gasteiger partial charge is 0.458 e. The van der Waals surface area contributed by atoms with Crippen LogP contribution in [0.2, 0.25) is 0 Å². The first-order chi connectivity index (χ1) is 10.0. The highest BCUT2D eigenvalue weighted by Crippen LogP contribution is 2.33. The number of ether oxygens (including phenoxy) is 2. The van der Waals surface area contributed by atoms with Crippen molar-refractivity contribution in [2.24, 2.45) is 11.8 Å². The van der Waals surface area contributed by atoms with Gasteiger partial charge >= 0.3 is 11.9 Å². The Morgan fingerprint density at radius 2 is 1.67 bits per heavy atom. The summed E-state index contributed by atoms with van der Waals surface area (Å²) in [7, 11) is 0. The van der Waals surface area contributed by atoms with Gasteiger partial charge in [0.05, 0.1) is 11.8 Å². The summed E-state index contributed by atoms with van der Waals surface area (Å²) < 4.78 is 11.7. The maximum atomic E-state index is 12.0. The minimum atomic E-state index is -0.285. The van der Waals surface area contributed by atoms with E-state index < -0.39 is 0 Å². The molecule has 1 aromatic rings. The summed E-state index contributed by atoms with van der Waals surface area (Å²) >= 11 is 3.40. The zero-order valence-electron chi connectivity index (χ0n) is 11.8. The molecule has 0 aromatic heterocycles. The van der Waals surface area contributed by atoms with E-state index in [1.165, 1.54) is 0 Å². The second-order valence-corrected chi connectivity index (χ2v) is 6.77. The molecule has 2 aliphatic heterocycles. The lowest BCUT2D eigenvalue weighted by atomic mass is 9.93. The van der Waals surface area contributed by atoms with Gasteiger partial charge in [-0.3, -0.25) is 9.59 Å². The van der Waals surface area contributed by atoms with Gasteiger partial charge in [-0.25, -0.2) is 0 Å². The van der Waals surface area contributed by atoms with Gasteiger partial charge in [-0.1, -0.05) is 35.0 Å². The first-order valence-corrected chi connectivity index (χ1v) is 7.97. The Morgan fingerprint density at radius 1 is 1.05 bits per heavy atom. The Bertz CT molecular complexity index is 554. The lowest BCUT2D eigenvalue weighted by molar-refractivity contribution is -0.155. The Kier molecular flexibility index (Phi) is 4.02. The van der Waals surface area contributed by atoms with Crippen LogP contribution >= 0.6 is 15.9 Å². The van der Waals surface area contributed by atoms with Gasteiger partial charge in [0.2, 0.25) is 0 Å². The van der Waals surface area contributed by atoms with Crippen LogP contribution in [0.5, 0.6) is 0 Å². The molecule has 1 aromatic carbocycles. The molecule has 0 N–H and O–H groups in total. The zero-order chi connectivity index (χ0) is 15.0. The van der Waals surface area contributed by atoms with Crippen molar-refractivity contribution in [1.29, 1.82) is 0 Å².